The highest BCUT2D eigenvalue weighted by Gasteiger charge is 2.21. The molecule has 86 valence electrons. The van der Waals surface area contributed by atoms with Gasteiger partial charge in [-0.15, -0.1) is 0 Å². The van der Waals surface area contributed by atoms with E-state index in [9.17, 15) is 4.79 Å². The zero-order valence-electron chi connectivity index (χ0n) is 9.42. The van der Waals surface area contributed by atoms with Crippen LogP contribution in [0.4, 0.5) is 0 Å². The van der Waals surface area contributed by atoms with Crippen molar-refractivity contribution in [2.75, 3.05) is 6.54 Å². The van der Waals surface area contributed by atoms with Crippen LogP contribution >= 0.6 is 15.9 Å². The third kappa shape index (κ3) is 3.34. The van der Waals surface area contributed by atoms with Crippen LogP contribution < -0.4 is 5.32 Å². The van der Waals surface area contributed by atoms with Crippen LogP contribution in [0.2, 0.25) is 0 Å². The van der Waals surface area contributed by atoms with Crippen LogP contribution in [0.3, 0.4) is 0 Å². The number of rotatable bonds is 4. The van der Waals surface area contributed by atoms with E-state index in [4.69, 9.17) is 0 Å². The third-order valence-corrected chi connectivity index (χ3v) is 3.44. The lowest BCUT2D eigenvalue weighted by molar-refractivity contribution is -0.120. The average Bonchev–Trinajstić information content (AvgIpc) is 3.04. The van der Waals surface area contributed by atoms with Crippen LogP contribution in [0.15, 0.2) is 22.7 Å². The fraction of sp³-hybridized carbons (Fsp3) is 0.462. The molecule has 1 saturated carbocycles. The summed E-state index contributed by atoms with van der Waals surface area (Å²) in [5.74, 6) is 0.876. The summed E-state index contributed by atoms with van der Waals surface area (Å²) in [5, 5.41) is 2.99. The lowest BCUT2D eigenvalue weighted by Gasteiger charge is -2.07. The van der Waals surface area contributed by atoms with Crippen LogP contribution in [0.1, 0.15) is 24.0 Å². The van der Waals surface area contributed by atoms with Gasteiger partial charge in [-0.2, -0.15) is 0 Å². The van der Waals surface area contributed by atoms with Gasteiger partial charge in [0.2, 0.25) is 5.91 Å². The smallest absolute Gasteiger partial charge is 0.224 e. The van der Waals surface area contributed by atoms with Gasteiger partial charge in [0.15, 0.2) is 0 Å². The second-order valence-electron chi connectivity index (χ2n) is 4.50. The number of hydrogen-bond acceptors (Lipinski definition) is 1. The van der Waals surface area contributed by atoms with E-state index >= 15 is 0 Å². The van der Waals surface area contributed by atoms with Gasteiger partial charge in [-0.25, -0.2) is 0 Å². The summed E-state index contributed by atoms with van der Waals surface area (Å²) < 4.78 is 1.03. The summed E-state index contributed by atoms with van der Waals surface area (Å²) in [6.07, 6.45) is 3.03. The van der Waals surface area contributed by atoms with Gasteiger partial charge in [0, 0.05) is 11.0 Å². The van der Waals surface area contributed by atoms with E-state index in [2.05, 4.69) is 21.2 Å². The molecule has 0 radical (unpaired) electrons. The molecule has 1 aliphatic rings. The van der Waals surface area contributed by atoms with E-state index in [1.54, 1.807) is 0 Å². The Labute approximate surface area is 105 Å². The van der Waals surface area contributed by atoms with Gasteiger partial charge in [0.1, 0.15) is 0 Å². The van der Waals surface area contributed by atoms with Crippen molar-refractivity contribution < 1.29 is 4.79 Å². The van der Waals surface area contributed by atoms with E-state index in [-0.39, 0.29) is 5.91 Å². The lowest BCUT2D eigenvalue weighted by atomic mass is 10.1. The predicted molar refractivity (Wildman–Crippen MR) is 68.3 cm³/mol. The molecule has 1 aromatic rings. The molecule has 0 saturated heterocycles. The minimum Gasteiger partial charge on any atom is -0.356 e. The SMILES string of the molecule is Cc1ccc(Br)cc1CC(=O)NCC1CC1. The quantitative estimate of drug-likeness (QED) is 0.904. The van der Waals surface area contributed by atoms with Crippen molar-refractivity contribution in [2.45, 2.75) is 26.2 Å². The molecule has 0 heterocycles. The van der Waals surface area contributed by atoms with E-state index in [0.717, 1.165) is 22.5 Å². The third-order valence-electron chi connectivity index (χ3n) is 2.95. The Kier molecular flexibility index (Phi) is 3.64. The summed E-state index contributed by atoms with van der Waals surface area (Å²) in [4.78, 5) is 11.7. The van der Waals surface area contributed by atoms with Crippen molar-refractivity contribution in [2.24, 2.45) is 5.92 Å². The zero-order chi connectivity index (χ0) is 11.5. The monoisotopic (exact) mass is 281 g/mol. The first-order chi connectivity index (χ1) is 7.65. The molecule has 1 fully saturated rings. The minimum atomic E-state index is 0.133. The Bertz CT molecular complexity index is 399. The molecule has 0 atom stereocenters. The number of amides is 1. The van der Waals surface area contributed by atoms with Gasteiger partial charge < -0.3 is 5.32 Å². The molecular formula is C13H16BrNO. The molecule has 16 heavy (non-hydrogen) atoms. The Morgan fingerprint density at radius 2 is 2.25 bits per heavy atom. The second kappa shape index (κ2) is 5.00. The number of carbonyl (C=O) groups excluding carboxylic acids is 1. The maximum absolute atomic E-state index is 11.7. The first-order valence-electron chi connectivity index (χ1n) is 5.67. The number of aryl methyl sites for hydroxylation is 1. The molecule has 1 aromatic carbocycles. The van der Waals surface area contributed by atoms with Crippen LogP contribution in [0.5, 0.6) is 0 Å². The van der Waals surface area contributed by atoms with Crippen LogP contribution in [-0.2, 0) is 11.2 Å². The minimum absolute atomic E-state index is 0.133. The molecule has 1 aliphatic carbocycles. The molecule has 1 amide bonds. The van der Waals surface area contributed by atoms with Crippen molar-refractivity contribution in [3.63, 3.8) is 0 Å². The van der Waals surface area contributed by atoms with Gasteiger partial charge in [-0.3, -0.25) is 4.79 Å². The van der Waals surface area contributed by atoms with Crippen molar-refractivity contribution in [3.05, 3.63) is 33.8 Å². The predicted octanol–water partition coefficient (Wildman–Crippen LogP) is 2.83. The fourth-order valence-electron chi connectivity index (χ4n) is 1.65. The molecule has 1 N–H and O–H groups in total. The van der Waals surface area contributed by atoms with Crippen molar-refractivity contribution in [3.8, 4) is 0 Å². The number of nitrogens with one attached hydrogen (secondary N) is 1. The number of benzene rings is 1. The Morgan fingerprint density at radius 1 is 1.50 bits per heavy atom. The van der Waals surface area contributed by atoms with Crippen LogP contribution in [-0.4, -0.2) is 12.5 Å². The van der Waals surface area contributed by atoms with E-state index < -0.39 is 0 Å². The van der Waals surface area contributed by atoms with Gasteiger partial charge >= 0.3 is 0 Å². The standard InChI is InChI=1S/C13H16BrNO/c1-9-2-5-12(14)6-11(9)7-13(16)15-8-10-3-4-10/h2,5-6,10H,3-4,7-8H2,1H3,(H,15,16). The maximum Gasteiger partial charge on any atom is 0.224 e. The maximum atomic E-state index is 11.7. The molecular weight excluding hydrogens is 266 g/mol. The zero-order valence-corrected chi connectivity index (χ0v) is 11.0. The molecule has 3 heteroatoms. The second-order valence-corrected chi connectivity index (χ2v) is 5.41. The van der Waals surface area contributed by atoms with Crippen LogP contribution in [0, 0.1) is 12.8 Å². The lowest BCUT2D eigenvalue weighted by Crippen LogP contribution is -2.27. The summed E-state index contributed by atoms with van der Waals surface area (Å²) >= 11 is 3.43. The van der Waals surface area contributed by atoms with Crippen molar-refractivity contribution in [1.82, 2.24) is 5.32 Å². The normalized spacial score (nSPS) is 14.9. The van der Waals surface area contributed by atoms with E-state index in [1.165, 1.54) is 18.4 Å². The Balaban J connectivity index is 1.91. The molecule has 0 unspecified atom stereocenters. The summed E-state index contributed by atoms with van der Waals surface area (Å²) in [6, 6.07) is 6.06. The molecule has 0 bridgehead atoms. The van der Waals surface area contributed by atoms with Crippen LogP contribution in [0.25, 0.3) is 0 Å². The van der Waals surface area contributed by atoms with Gasteiger partial charge in [-0.1, -0.05) is 22.0 Å². The number of carbonyl (C=O) groups is 1. The van der Waals surface area contributed by atoms with Gasteiger partial charge in [0.05, 0.1) is 6.42 Å². The number of halogens is 1. The molecule has 0 spiro atoms. The summed E-state index contributed by atoms with van der Waals surface area (Å²) in [7, 11) is 0. The first kappa shape index (κ1) is 11.6. The highest BCUT2D eigenvalue weighted by Crippen LogP contribution is 2.27. The van der Waals surface area contributed by atoms with Crippen molar-refractivity contribution >= 4 is 21.8 Å². The Hall–Kier alpha value is -0.830. The topological polar surface area (TPSA) is 29.1 Å². The molecule has 0 aromatic heterocycles. The van der Waals surface area contributed by atoms with Crippen molar-refractivity contribution in [1.29, 1.82) is 0 Å². The van der Waals surface area contributed by atoms with E-state index in [0.29, 0.717) is 6.42 Å². The Morgan fingerprint density at radius 3 is 2.94 bits per heavy atom. The van der Waals surface area contributed by atoms with Gasteiger partial charge in [-0.05, 0) is 48.9 Å². The molecule has 0 aliphatic heterocycles. The molecule has 2 rings (SSSR count). The summed E-state index contributed by atoms with van der Waals surface area (Å²) in [6.45, 7) is 2.89. The highest BCUT2D eigenvalue weighted by atomic mass is 79.9. The highest BCUT2D eigenvalue weighted by molar-refractivity contribution is 9.10. The first-order valence-corrected chi connectivity index (χ1v) is 6.46. The fourth-order valence-corrected chi connectivity index (χ4v) is 2.05. The average molecular weight is 282 g/mol. The molecule has 2 nitrogen and oxygen atoms in total. The van der Waals surface area contributed by atoms with E-state index in [1.807, 2.05) is 25.1 Å². The summed E-state index contributed by atoms with van der Waals surface area (Å²) in [5.41, 5.74) is 2.27. The van der Waals surface area contributed by atoms with Gasteiger partial charge in [0.25, 0.3) is 0 Å². The largest absolute Gasteiger partial charge is 0.356 e. The number of hydrogen-bond donors (Lipinski definition) is 1.